The highest BCUT2D eigenvalue weighted by molar-refractivity contribution is 6.22. The average Bonchev–Trinajstić information content (AvgIpc) is 2.88. The average molecular weight is 344 g/mol. The molecule has 7 nitrogen and oxygen atoms in total. The Balaban J connectivity index is 1.72. The molecule has 7 heteroatoms. The summed E-state index contributed by atoms with van der Waals surface area (Å²) in [5.74, 6) is -2.62. The van der Waals surface area contributed by atoms with Crippen molar-refractivity contribution >= 4 is 23.7 Å². The van der Waals surface area contributed by atoms with Gasteiger partial charge in [0, 0.05) is 19.5 Å². The number of hydrogen-bond donors (Lipinski definition) is 1. The van der Waals surface area contributed by atoms with Crippen molar-refractivity contribution in [1.29, 1.82) is 0 Å². The molecule has 1 aromatic carbocycles. The Morgan fingerprint density at radius 1 is 1.00 bits per heavy atom. The quantitative estimate of drug-likeness (QED) is 0.817. The van der Waals surface area contributed by atoms with Crippen LogP contribution in [0.4, 0.5) is 0 Å². The monoisotopic (exact) mass is 344 g/mol. The minimum absolute atomic E-state index is 0.00434. The number of carboxylic acids is 1. The maximum absolute atomic E-state index is 12.4. The van der Waals surface area contributed by atoms with Crippen LogP contribution in [0.1, 0.15) is 52.8 Å². The number of fused-ring (bicyclic) bond motifs is 1. The summed E-state index contributed by atoms with van der Waals surface area (Å²) in [5.41, 5.74) is 0.419. The molecule has 0 aromatic heterocycles. The van der Waals surface area contributed by atoms with Gasteiger partial charge in [-0.1, -0.05) is 12.1 Å². The number of carboxylic acid groups (broad SMARTS) is 1. The number of imide groups is 1. The summed E-state index contributed by atoms with van der Waals surface area (Å²) in [7, 11) is 0. The number of amides is 3. The molecule has 0 radical (unpaired) electrons. The topological polar surface area (TPSA) is 95.0 Å². The summed E-state index contributed by atoms with van der Waals surface area (Å²) in [4.78, 5) is 51.3. The molecule has 132 valence electrons. The van der Waals surface area contributed by atoms with Gasteiger partial charge < -0.3 is 10.0 Å². The molecule has 2 heterocycles. The van der Waals surface area contributed by atoms with Gasteiger partial charge in [-0.3, -0.25) is 19.3 Å². The fourth-order valence-electron chi connectivity index (χ4n) is 3.42. The number of nitrogens with zero attached hydrogens (tertiary/aromatic N) is 2. The van der Waals surface area contributed by atoms with Crippen LogP contribution in [0.15, 0.2) is 24.3 Å². The normalized spacial score (nSPS) is 18.2. The zero-order chi connectivity index (χ0) is 18.0. The van der Waals surface area contributed by atoms with Gasteiger partial charge in [0.05, 0.1) is 11.1 Å². The van der Waals surface area contributed by atoms with Crippen LogP contribution in [-0.2, 0) is 9.59 Å². The van der Waals surface area contributed by atoms with Crippen molar-refractivity contribution < 1.29 is 24.3 Å². The van der Waals surface area contributed by atoms with Gasteiger partial charge in [0.1, 0.15) is 6.04 Å². The van der Waals surface area contributed by atoms with Crippen LogP contribution < -0.4 is 0 Å². The highest BCUT2D eigenvalue weighted by Gasteiger charge is 2.42. The van der Waals surface area contributed by atoms with E-state index in [1.54, 1.807) is 17.0 Å². The molecule has 1 unspecified atom stereocenters. The number of carbonyl (C=O) groups excluding carboxylic acids is 3. The second-order valence-electron chi connectivity index (χ2n) is 6.36. The summed E-state index contributed by atoms with van der Waals surface area (Å²) in [6.07, 6.45) is 2.93. The maximum atomic E-state index is 12.4. The van der Waals surface area contributed by atoms with E-state index in [9.17, 15) is 24.3 Å². The Morgan fingerprint density at radius 2 is 1.56 bits per heavy atom. The number of rotatable bonds is 5. The van der Waals surface area contributed by atoms with E-state index < -0.39 is 23.8 Å². The highest BCUT2D eigenvalue weighted by Crippen LogP contribution is 2.26. The van der Waals surface area contributed by atoms with Crippen molar-refractivity contribution in [3.8, 4) is 0 Å². The Labute approximate surface area is 145 Å². The molecule has 1 fully saturated rings. The Morgan fingerprint density at radius 3 is 2.08 bits per heavy atom. The first-order chi connectivity index (χ1) is 12.0. The van der Waals surface area contributed by atoms with E-state index in [1.807, 2.05) is 0 Å². The fourth-order valence-corrected chi connectivity index (χ4v) is 3.42. The summed E-state index contributed by atoms with van der Waals surface area (Å²) >= 11 is 0. The lowest BCUT2D eigenvalue weighted by Gasteiger charge is -2.28. The van der Waals surface area contributed by atoms with Crippen LogP contribution in [0.25, 0.3) is 0 Å². The van der Waals surface area contributed by atoms with Crippen LogP contribution in [0.2, 0.25) is 0 Å². The largest absolute Gasteiger partial charge is 0.480 e. The standard InChI is InChI=1S/C18H20N2O5/c21-15(19-10-4-1-5-11-19)9-8-14(18(24)25)20-16(22)12-6-2-3-7-13(12)17(20)23/h2-3,6-7,14H,1,4-5,8-11H2,(H,24,25). The van der Waals surface area contributed by atoms with E-state index in [2.05, 4.69) is 0 Å². The molecule has 3 amide bonds. The van der Waals surface area contributed by atoms with E-state index in [0.717, 1.165) is 24.2 Å². The van der Waals surface area contributed by atoms with Crippen molar-refractivity contribution in [2.45, 2.75) is 38.1 Å². The number of benzene rings is 1. The smallest absolute Gasteiger partial charge is 0.326 e. The van der Waals surface area contributed by atoms with Crippen molar-refractivity contribution in [2.75, 3.05) is 13.1 Å². The molecular formula is C18H20N2O5. The van der Waals surface area contributed by atoms with Crippen LogP contribution in [0.5, 0.6) is 0 Å². The molecule has 0 bridgehead atoms. The molecule has 0 saturated carbocycles. The molecule has 1 saturated heterocycles. The van der Waals surface area contributed by atoms with Gasteiger partial charge in [0.25, 0.3) is 11.8 Å². The van der Waals surface area contributed by atoms with Gasteiger partial charge in [0.2, 0.25) is 5.91 Å². The third kappa shape index (κ3) is 3.26. The molecule has 0 aliphatic carbocycles. The molecule has 1 N–H and O–H groups in total. The lowest BCUT2D eigenvalue weighted by atomic mass is 10.1. The van der Waals surface area contributed by atoms with Crippen molar-refractivity contribution in [2.24, 2.45) is 0 Å². The summed E-state index contributed by atoms with van der Waals surface area (Å²) in [6, 6.07) is 4.94. The van der Waals surface area contributed by atoms with Crippen LogP contribution in [-0.4, -0.2) is 57.7 Å². The SMILES string of the molecule is O=C(O)C(CCC(=O)N1CCCCC1)N1C(=O)c2ccccc2C1=O. The van der Waals surface area contributed by atoms with Crippen LogP contribution in [0, 0.1) is 0 Å². The molecular weight excluding hydrogens is 324 g/mol. The summed E-state index contributed by atoms with van der Waals surface area (Å²) in [6.45, 7) is 1.37. The van der Waals surface area contributed by atoms with E-state index in [0.29, 0.717) is 13.1 Å². The van der Waals surface area contributed by atoms with E-state index in [4.69, 9.17) is 0 Å². The third-order valence-corrected chi connectivity index (χ3v) is 4.76. The number of piperidine rings is 1. The molecule has 0 spiro atoms. The summed E-state index contributed by atoms with van der Waals surface area (Å²) < 4.78 is 0. The van der Waals surface area contributed by atoms with Gasteiger partial charge >= 0.3 is 5.97 Å². The highest BCUT2D eigenvalue weighted by atomic mass is 16.4. The second-order valence-corrected chi connectivity index (χ2v) is 6.36. The Hall–Kier alpha value is -2.70. The lowest BCUT2D eigenvalue weighted by Crippen LogP contribution is -2.45. The van der Waals surface area contributed by atoms with Gasteiger partial charge in [-0.2, -0.15) is 0 Å². The molecule has 3 rings (SSSR count). The maximum Gasteiger partial charge on any atom is 0.326 e. The lowest BCUT2D eigenvalue weighted by molar-refractivity contribution is -0.142. The molecule has 25 heavy (non-hydrogen) atoms. The second kappa shape index (κ2) is 7.04. The van der Waals surface area contributed by atoms with E-state index >= 15 is 0 Å². The number of hydrogen-bond acceptors (Lipinski definition) is 4. The zero-order valence-corrected chi connectivity index (χ0v) is 13.8. The predicted molar refractivity (Wildman–Crippen MR) is 88.0 cm³/mol. The molecule has 2 aliphatic rings. The summed E-state index contributed by atoms with van der Waals surface area (Å²) in [5, 5.41) is 9.50. The first-order valence-electron chi connectivity index (χ1n) is 8.48. The first-order valence-corrected chi connectivity index (χ1v) is 8.48. The van der Waals surface area contributed by atoms with Crippen LogP contribution in [0.3, 0.4) is 0 Å². The Kier molecular flexibility index (Phi) is 4.83. The first kappa shape index (κ1) is 17.1. The molecule has 1 aromatic rings. The third-order valence-electron chi connectivity index (χ3n) is 4.76. The fraction of sp³-hybridized carbons (Fsp3) is 0.444. The number of aliphatic carboxylic acids is 1. The molecule has 2 aliphatic heterocycles. The molecule has 1 atom stereocenters. The Bertz CT molecular complexity index is 689. The van der Waals surface area contributed by atoms with Crippen molar-refractivity contribution in [1.82, 2.24) is 9.80 Å². The minimum Gasteiger partial charge on any atom is -0.480 e. The van der Waals surface area contributed by atoms with Crippen molar-refractivity contribution in [3.05, 3.63) is 35.4 Å². The van der Waals surface area contributed by atoms with E-state index in [-0.39, 0.29) is 29.9 Å². The number of carbonyl (C=O) groups is 4. The van der Waals surface area contributed by atoms with Gasteiger partial charge in [-0.25, -0.2) is 4.79 Å². The van der Waals surface area contributed by atoms with E-state index in [1.165, 1.54) is 12.1 Å². The predicted octanol–water partition coefficient (Wildman–Crippen LogP) is 1.53. The van der Waals surface area contributed by atoms with Gasteiger partial charge in [-0.15, -0.1) is 0 Å². The zero-order valence-electron chi connectivity index (χ0n) is 13.8. The van der Waals surface area contributed by atoms with Crippen LogP contribution >= 0.6 is 0 Å². The minimum atomic E-state index is -1.33. The van der Waals surface area contributed by atoms with Gasteiger partial charge in [-0.05, 0) is 37.8 Å². The number of likely N-dealkylation sites (tertiary alicyclic amines) is 1. The van der Waals surface area contributed by atoms with Crippen molar-refractivity contribution in [3.63, 3.8) is 0 Å². The van der Waals surface area contributed by atoms with Gasteiger partial charge in [0.15, 0.2) is 0 Å².